The highest BCUT2D eigenvalue weighted by atomic mass is 32.2. The van der Waals surface area contributed by atoms with Crippen LogP contribution in [0.4, 0.5) is 5.69 Å². The van der Waals surface area contributed by atoms with Gasteiger partial charge >= 0.3 is 0 Å². The quantitative estimate of drug-likeness (QED) is 0.801. The van der Waals surface area contributed by atoms with Gasteiger partial charge in [0.25, 0.3) is 0 Å². The van der Waals surface area contributed by atoms with Crippen LogP contribution in [0.3, 0.4) is 0 Å². The number of anilines is 1. The molecule has 0 aliphatic rings. The third-order valence-electron chi connectivity index (χ3n) is 3.34. The Kier molecular flexibility index (Phi) is 4.29. The van der Waals surface area contributed by atoms with E-state index < -0.39 is 10.0 Å². The predicted molar refractivity (Wildman–Crippen MR) is 80.0 cm³/mol. The van der Waals surface area contributed by atoms with Crippen molar-refractivity contribution in [2.75, 3.05) is 5.73 Å². The van der Waals surface area contributed by atoms with Crippen molar-refractivity contribution in [1.82, 2.24) is 19.5 Å². The zero-order valence-corrected chi connectivity index (χ0v) is 13.1. The molecule has 1 aromatic carbocycles. The smallest absolute Gasteiger partial charge is 0.243 e. The molecule has 0 spiro atoms. The molecular formula is C13H19N5O2S. The van der Waals surface area contributed by atoms with E-state index in [-0.39, 0.29) is 17.1 Å². The molecule has 0 fully saturated rings. The molecule has 2 rings (SSSR count). The van der Waals surface area contributed by atoms with Gasteiger partial charge < -0.3 is 10.3 Å². The van der Waals surface area contributed by atoms with Crippen LogP contribution in [-0.4, -0.2) is 23.2 Å². The standard InChI is InChI=1S/C13H19N5O2S/c1-4-18-8-15-17-11(18)7-16-21(19,20)13-10(3)6-5-9(2)12(13)14/h5-6,8,16H,4,7,14H2,1-3H3. The minimum absolute atomic E-state index is 0.0724. The summed E-state index contributed by atoms with van der Waals surface area (Å²) in [5, 5.41) is 7.67. The van der Waals surface area contributed by atoms with E-state index in [0.717, 1.165) is 5.56 Å². The van der Waals surface area contributed by atoms with Crippen LogP contribution in [0.2, 0.25) is 0 Å². The molecule has 1 aromatic heterocycles. The predicted octanol–water partition coefficient (Wildman–Crippen LogP) is 0.976. The number of hydrogen-bond acceptors (Lipinski definition) is 5. The second kappa shape index (κ2) is 5.82. The van der Waals surface area contributed by atoms with E-state index in [2.05, 4.69) is 14.9 Å². The summed E-state index contributed by atoms with van der Waals surface area (Å²) in [6.07, 6.45) is 1.57. The van der Waals surface area contributed by atoms with Crippen LogP contribution in [0.25, 0.3) is 0 Å². The number of aryl methyl sites for hydroxylation is 3. The molecule has 0 aliphatic heterocycles. The maximum Gasteiger partial charge on any atom is 0.243 e. The first kappa shape index (κ1) is 15.5. The summed E-state index contributed by atoms with van der Waals surface area (Å²) < 4.78 is 29.2. The number of sulfonamides is 1. The second-order valence-electron chi connectivity index (χ2n) is 4.80. The van der Waals surface area contributed by atoms with Gasteiger partial charge in [0.05, 0.1) is 12.2 Å². The molecule has 0 bridgehead atoms. The fourth-order valence-electron chi connectivity index (χ4n) is 2.08. The molecule has 114 valence electrons. The highest BCUT2D eigenvalue weighted by Gasteiger charge is 2.21. The van der Waals surface area contributed by atoms with Gasteiger partial charge in [-0.05, 0) is 31.9 Å². The molecule has 0 unspecified atom stereocenters. The van der Waals surface area contributed by atoms with Gasteiger partial charge in [-0.25, -0.2) is 13.1 Å². The summed E-state index contributed by atoms with van der Waals surface area (Å²) in [5.41, 5.74) is 7.55. The summed E-state index contributed by atoms with van der Waals surface area (Å²) >= 11 is 0. The van der Waals surface area contributed by atoms with E-state index in [4.69, 9.17) is 5.73 Å². The lowest BCUT2D eigenvalue weighted by atomic mass is 10.1. The van der Waals surface area contributed by atoms with Crippen molar-refractivity contribution in [2.45, 2.75) is 38.8 Å². The van der Waals surface area contributed by atoms with Crippen molar-refractivity contribution in [1.29, 1.82) is 0 Å². The van der Waals surface area contributed by atoms with Gasteiger partial charge in [0.2, 0.25) is 10.0 Å². The zero-order chi connectivity index (χ0) is 15.6. The van der Waals surface area contributed by atoms with Crippen LogP contribution in [0.15, 0.2) is 23.4 Å². The van der Waals surface area contributed by atoms with Gasteiger partial charge in [-0.1, -0.05) is 12.1 Å². The fourth-order valence-corrected chi connectivity index (χ4v) is 3.48. The average Bonchev–Trinajstić information content (AvgIpc) is 2.88. The fraction of sp³-hybridized carbons (Fsp3) is 0.385. The summed E-state index contributed by atoms with van der Waals surface area (Å²) in [4.78, 5) is 0.130. The first-order chi connectivity index (χ1) is 9.86. The monoisotopic (exact) mass is 309 g/mol. The Balaban J connectivity index is 2.30. The van der Waals surface area contributed by atoms with Crippen LogP contribution >= 0.6 is 0 Å². The molecule has 21 heavy (non-hydrogen) atoms. The Morgan fingerprint density at radius 1 is 1.29 bits per heavy atom. The summed E-state index contributed by atoms with van der Waals surface area (Å²) in [7, 11) is -3.70. The van der Waals surface area contributed by atoms with Crippen molar-refractivity contribution in [3.05, 3.63) is 35.4 Å². The van der Waals surface area contributed by atoms with Gasteiger partial charge in [-0.15, -0.1) is 10.2 Å². The second-order valence-corrected chi connectivity index (χ2v) is 6.50. The third-order valence-corrected chi connectivity index (χ3v) is 4.94. The van der Waals surface area contributed by atoms with Crippen LogP contribution < -0.4 is 10.5 Å². The molecule has 0 atom stereocenters. The minimum Gasteiger partial charge on any atom is -0.397 e. The summed E-state index contributed by atoms with van der Waals surface area (Å²) in [6.45, 7) is 6.18. The van der Waals surface area contributed by atoms with E-state index in [9.17, 15) is 8.42 Å². The summed E-state index contributed by atoms with van der Waals surface area (Å²) in [5.74, 6) is 0.560. The Hall–Kier alpha value is -1.93. The lowest BCUT2D eigenvalue weighted by Gasteiger charge is -2.13. The van der Waals surface area contributed by atoms with Crippen molar-refractivity contribution in [3.8, 4) is 0 Å². The highest BCUT2D eigenvalue weighted by molar-refractivity contribution is 7.89. The van der Waals surface area contributed by atoms with E-state index in [0.29, 0.717) is 17.9 Å². The largest absolute Gasteiger partial charge is 0.397 e. The SMILES string of the molecule is CCn1cnnc1CNS(=O)(=O)c1c(C)ccc(C)c1N. The Morgan fingerprint density at radius 2 is 1.95 bits per heavy atom. The maximum atomic E-state index is 12.5. The Bertz CT molecular complexity index is 752. The van der Waals surface area contributed by atoms with Crippen LogP contribution in [0.5, 0.6) is 0 Å². The molecule has 2 aromatic rings. The van der Waals surface area contributed by atoms with Gasteiger partial charge in [0, 0.05) is 6.54 Å². The first-order valence-electron chi connectivity index (χ1n) is 6.58. The van der Waals surface area contributed by atoms with Gasteiger partial charge in [-0.3, -0.25) is 0 Å². The highest BCUT2D eigenvalue weighted by Crippen LogP contribution is 2.25. The van der Waals surface area contributed by atoms with Crippen LogP contribution in [0.1, 0.15) is 23.9 Å². The molecule has 8 heteroatoms. The van der Waals surface area contributed by atoms with Crippen molar-refractivity contribution >= 4 is 15.7 Å². The topological polar surface area (TPSA) is 103 Å². The number of nitrogen functional groups attached to an aromatic ring is 1. The van der Waals surface area contributed by atoms with Crippen LogP contribution in [0, 0.1) is 13.8 Å². The van der Waals surface area contributed by atoms with Crippen molar-refractivity contribution < 1.29 is 8.42 Å². The third kappa shape index (κ3) is 3.06. The molecular weight excluding hydrogens is 290 g/mol. The molecule has 0 saturated heterocycles. The number of rotatable bonds is 5. The van der Waals surface area contributed by atoms with Gasteiger partial charge in [-0.2, -0.15) is 0 Å². The lowest BCUT2D eigenvalue weighted by Crippen LogP contribution is -2.26. The van der Waals surface area contributed by atoms with Crippen molar-refractivity contribution in [3.63, 3.8) is 0 Å². The number of hydrogen-bond donors (Lipinski definition) is 2. The lowest BCUT2D eigenvalue weighted by molar-refractivity contribution is 0.575. The molecule has 1 heterocycles. The molecule has 0 aliphatic carbocycles. The Labute approximate surface area is 124 Å². The van der Waals surface area contributed by atoms with E-state index in [1.165, 1.54) is 0 Å². The molecule has 3 N–H and O–H groups in total. The molecule has 0 amide bonds. The maximum absolute atomic E-state index is 12.5. The Morgan fingerprint density at radius 3 is 2.62 bits per heavy atom. The normalized spacial score (nSPS) is 11.8. The molecule has 0 radical (unpaired) electrons. The van der Waals surface area contributed by atoms with E-state index in [1.807, 2.05) is 6.92 Å². The van der Waals surface area contributed by atoms with Gasteiger partial charge in [0.1, 0.15) is 17.0 Å². The van der Waals surface area contributed by atoms with E-state index >= 15 is 0 Å². The first-order valence-corrected chi connectivity index (χ1v) is 8.07. The number of aromatic nitrogens is 3. The number of nitrogens with two attached hydrogens (primary N) is 1. The number of benzene rings is 1. The molecule has 7 nitrogen and oxygen atoms in total. The minimum atomic E-state index is -3.70. The molecule has 0 saturated carbocycles. The van der Waals surface area contributed by atoms with E-state index in [1.54, 1.807) is 36.9 Å². The summed E-state index contributed by atoms with van der Waals surface area (Å²) in [6, 6.07) is 3.55. The van der Waals surface area contributed by atoms with Crippen molar-refractivity contribution in [2.24, 2.45) is 0 Å². The van der Waals surface area contributed by atoms with Crippen LogP contribution in [-0.2, 0) is 23.1 Å². The number of nitrogens with one attached hydrogen (secondary N) is 1. The van der Waals surface area contributed by atoms with Gasteiger partial charge in [0.15, 0.2) is 0 Å². The number of nitrogens with zero attached hydrogens (tertiary/aromatic N) is 3. The zero-order valence-electron chi connectivity index (χ0n) is 12.3. The average molecular weight is 309 g/mol.